The molecule has 0 radical (unpaired) electrons. The van der Waals surface area contributed by atoms with E-state index in [1.54, 1.807) is 0 Å². The van der Waals surface area contributed by atoms with Gasteiger partial charge in [-0.2, -0.15) is 5.26 Å². The van der Waals surface area contributed by atoms with E-state index in [2.05, 4.69) is 17.1 Å². The highest BCUT2D eigenvalue weighted by atomic mass is 14.7. The number of hydrogen-bond acceptors (Lipinski definition) is 1. The quantitative estimate of drug-likeness (QED) is 0.583. The standard InChI is InChI=1S/C13H8N2/c14-8-9-4-3-6-11-10-5-1-2-7-12(10)15-13(9)11/h1-7,15H. The molecule has 0 aliphatic heterocycles. The van der Waals surface area contributed by atoms with Crippen molar-refractivity contribution in [3.63, 3.8) is 0 Å². The third-order valence-electron chi connectivity index (χ3n) is 2.66. The van der Waals surface area contributed by atoms with Crippen LogP contribution in [0.2, 0.25) is 0 Å². The Morgan fingerprint density at radius 3 is 2.60 bits per heavy atom. The van der Waals surface area contributed by atoms with Gasteiger partial charge in [-0.3, -0.25) is 0 Å². The molecule has 1 aromatic heterocycles. The highest BCUT2D eigenvalue weighted by molar-refractivity contribution is 6.08. The fraction of sp³-hybridized carbons (Fsp3) is 0. The molecular weight excluding hydrogens is 184 g/mol. The van der Waals surface area contributed by atoms with Crippen molar-refractivity contribution in [1.29, 1.82) is 5.26 Å². The first-order valence-corrected chi connectivity index (χ1v) is 4.79. The Bertz CT molecular complexity index is 686. The Labute approximate surface area is 86.8 Å². The molecule has 3 aromatic rings. The van der Waals surface area contributed by atoms with Gasteiger partial charge in [0.05, 0.1) is 11.1 Å². The summed E-state index contributed by atoms with van der Waals surface area (Å²) >= 11 is 0. The van der Waals surface area contributed by atoms with Crippen LogP contribution in [-0.2, 0) is 0 Å². The van der Waals surface area contributed by atoms with E-state index in [-0.39, 0.29) is 0 Å². The molecule has 15 heavy (non-hydrogen) atoms. The topological polar surface area (TPSA) is 39.6 Å². The monoisotopic (exact) mass is 192 g/mol. The van der Waals surface area contributed by atoms with Crippen LogP contribution in [0.3, 0.4) is 0 Å². The lowest BCUT2D eigenvalue weighted by Gasteiger charge is -1.91. The van der Waals surface area contributed by atoms with Crippen LogP contribution in [0.4, 0.5) is 0 Å². The third-order valence-corrected chi connectivity index (χ3v) is 2.66. The molecule has 0 saturated carbocycles. The van der Waals surface area contributed by atoms with E-state index < -0.39 is 0 Å². The number of para-hydroxylation sites is 2. The Hall–Kier alpha value is -2.27. The number of nitrogens with one attached hydrogen (secondary N) is 1. The minimum absolute atomic E-state index is 0.698. The summed E-state index contributed by atoms with van der Waals surface area (Å²) in [5.74, 6) is 0. The van der Waals surface area contributed by atoms with E-state index in [0.29, 0.717) is 5.56 Å². The van der Waals surface area contributed by atoms with E-state index >= 15 is 0 Å². The van der Waals surface area contributed by atoms with E-state index in [0.717, 1.165) is 16.4 Å². The summed E-state index contributed by atoms with van der Waals surface area (Å²) in [7, 11) is 0. The summed E-state index contributed by atoms with van der Waals surface area (Å²) in [6.07, 6.45) is 0. The Morgan fingerprint density at radius 2 is 1.73 bits per heavy atom. The molecule has 2 nitrogen and oxygen atoms in total. The zero-order valence-electron chi connectivity index (χ0n) is 7.99. The van der Waals surface area contributed by atoms with Gasteiger partial charge in [-0.05, 0) is 12.1 Å². The predicted molar refractivity (Wildman–Crippen MR) is 60.5 cm³/mol. The first-order valence-electron chi connectivity index (χ1n) is 4.79. The SMILES string of the molecule is N#Cc1cccc2c1[nH]c1ccccc12. The van der Waals surface area contributed by atoms with Crippen LogP contribution in [-0.4, -0.2) is 4.98 Å². The van der Waals surface area contributed by atoms with Crippen LogP contribution in [0.1, 0.15) is 5.56 Å². The lowest BCUT2D eigenvalue weighted by molar-refractivity contribution is 1.47. The summed E-state index contributed by atoms with van der Waals surface area (Å²) < 4.78 is 0. The number of nitriles is 1. The predicted octanol–water partition coefficient (Wildman–Crippen LogP) is 3.19. The summed E-state index contributed by atoms with van der Waals surface area (Å²) in [4.78, 5) is 3.28. The minimum atomic E-state index is 0.698. The molecule has 1 N–H and O–H groups in total. The van der Waals surface area contributed by atoms with E-state index in [1.165, 1.54) is 5.39 Å². The number of nitrogens with zero attached hydrogens (tertiary/aromatic N) is 1. The largest absolute Gasteiger partial charge is 0.353 e. The molecule has 70 valence electrons. The average Bonchev–Trinajstić information content (AvgIpc) is 2.67. The van der Waals surface area contributed by atoms with Gasteiger partial charge in [0.2, 0.25) is 0 Å². The average molecular weight is 192 g/mol. The van der Waals surface area contributed by atoms with Crippen molar-refractivity contribution in [2.75, 3.05) is 0 Å². The van der Waals surface area contributed by atoms with Crippen molar-refractivity contribution in [2.45, 2.75) is 0 Å². The molecule has 2 aromatic carbocycles. The lowest BCUT2D eigenvalue weighted by atomic mass is 10.1. The van der Waals surface area contributed by atoms with Crippen molar-refractivity contribution in [1.82, 2.24) is 4.98 Å². The van der Waals surface area contributed by atoms with Gasteiger partial charge < -0.3 is 4.98 Å². The first kappa shape index (κ1) is 8.07. The second-order valence-corrected chi connectivity index (χ2v) is 3.51. The number of H-pyrrole nitrogens is 1. The number of rotatable bonds is 0. The van der Waals surface area contributed by atoms with E-state index in [9.17, 15) is 0 Å². The van der Waals surface area contributed by atoms with Crippen molar-refractivity contribution >= 4 is 21.8 Å². The molecular formula is C13H8N2. The normalized spacial score (nSPS) is 10.6. The minimum Gasteiger partial charge on any atom is -0.353 e. The van der Waals surface area contributed by atoms with Gasteiger partial charge in [-0.15, -0.1) is 0 Å². The number of fused-ring (bicyclic) bond motifs is 3. The van der Waals surface area contributed by atoms with Gasteiger partial charge in [-0.25, -0.2) is 0 Å². The first-order chi connectivity index (χ1) is 7.40. The molecule has 0 saturated heterocycles. The maximum atomic E-state index is 8.99. The lowest BCUT2D eigenvalue weighted by Crippen LogP contribution is -1.75. The van der Waals surface area contributed by atoms with Gasteiger partial charge in [-0.1, -0.05) is 30.3 Å². The van der Waals surface area contributed by atoms with Gasteiger partial charge in [0.25, 0.3) is 0 Å². The molecule has 0 bridgehead atoms. The molecule has 1 heterocycles. The zero-order valence-corrected chi connectivity index (χ0v) is 7.99. The molecule has 0 fully saturated rings. The van der Waals surface area contributed by atoms with Gasteiger partial charge in [0.15, 0.2) is 0 Å². The van der Waals surface area contributed by atoms with Gasteiger partial charge in [0, 0.05) is 16.3 Å². The van der Waals surface area contributed by atoms with Crippen LogP contribution in [0.25, 0.3) is 21.8 Å². The molecule has 0 aliphatic carbocycles. The Morgan fingerprint density at radius 1 is 0.933 bits per heavy atom. The summed E-state index contributed by atoms with van der Waals surface area (Å²) in [6.45, 7) is 0. The van der Waals surface area contributed by atoms with Gasteiger partial charge in [0.1, 0.15) is 6.07 Å². The molecule has 0 aliphatic rings. The zero-order chi connectivity index (χ0) is 10.3. The van der Waals surface area contributed by atoms with E-state index in [4.69, 9.17) is 5.26 Å². The Balaban J connectivity index is 2.61. The molecule has 3 rings (SSSR count). The number of hydrogen-bond donors (Lipinski definition) is 1. The second-order valence-electron chi connectivity index (χ2n) is 3.51. The van der Waals surface area contributed by atoms with Crippen LogP contribution < -0.4 is 0 Å². The van der Waals surface area contributed by atoms with Crippen LogP contribution >= 0.6 is 0 Å². The Kier molecular flexibility index (Phi) is 1.54. The summed E-state index contributed by atoms with van der Waals surface area (Å²) in [5, 5.41) is 11.3. The molecule has 0 spiro atoms. The fourth-order valence-corrected chi connectivity index (χ4v) is 1.97. The van der Waals surface area contributed by atoms with Crippen molar-refractivity contribution in [3.8, 4) is 6.07 Å². The maximum Gasteiger partial charge on any atom is 0.101 e. The van der Waals surface area contributed by atoms with Crippen LogP contribution in [0.15, 0.2) is 42.5 Å². The smallest absolute Gasteiger partial charge is 0.101 e. The van der Waals surface area contributed by atoms with E-state index in [1.807, 2.05) is 36.4 Å². The van der Waals surface area contributed by atoms with Crippen molar-refractivity contribution < 1.29 is 0 Å². The summed E-state index contributed by atoms with van der Waals surface area (Å²) in [5.41, 5.74) is 2.71. The highest BCUT2D eigenvalue weighted by Crippen LogP contribution is 2.26. The second kappa shape index (κ2) is 2.86. The summed E-state index contributed by atoms with van der Waals surface area (Å²) in [6, 6.07) is 16.1. The van der Waals surface area contributed by atoms with Crippen LogP contribution in [0.5, 0.6) is 0 Å². The molecule has 0 atom stereocenters. The van der Waals surface area contributed by atoms with Crippen LogP contribution in [0, 0.1) is 11.3 Å². The molecule has 0 amide bonds. The maximum absolute atomic E-state index is 8.99. The fourth-order valence-electron chi connectivity index (χ4n) is 1.97. The molecule has 0 unspecified atom stereocenters. The third kappa shape index (κ3) is 1.04. The van der Waals surface area contributed by atoms with Gasteiger partial charge >= 0.3 is 0 Å². The molecule has 2 heteroatoms. The number of aromatic amines is 1. The number of benzene rings is 2. The van der Waals surface area contributed by atoms with Crippen molar-refractivity contribution in [3.05, 3.63) is 48.0 Å². The van der Waals surface area contributed by atoms with Crippen molar-refractivity contribution in [2.24, 2.45) is 0 Å². The number of aromatic nitrogens is 1. The highest BCUT2D eigenvalue weighted by Gasteiger charge is 2.05.